The summed E-state index contributed by atoms with van der Waals surface area (Å²) in [5.41, 5.74) is -4.96. The van der Waals surface area contributed by atoms with Crippen LogP contribution < -0.4 is 9.62 Å². The number of hydrogen-bond acceptors (Lipinski definition) is 6. The van der Waals surface area contributed by atoms with Gasteiger partial charge in [-0.15, -0.1) is 11.3 Å². The zero-order valence-electron chi connectivity index (χ0n) is 18.0. The van der Waals surface area contributed by atoms with Crippen LogP contribution in [0.4, 0.5) is 18.3 Å². The lowest BCUT2D eigenvalue weighted by Crippen LogP contribution is -2.40. The van der Waals surface area contributed by atoms with Gasteiger partial charge in [0.1, 0.15) is 5.69 Å². The molecule has 0 radical (unpaired) electrons. The van der Waals surface area contributed by atoms with E-state index in [0.717, 1.165) is 40.9 Å². The summed E-state index contributed by atoms with van der Waals surface area (Å²) >= 11 is 7.12. The van der Waals surface area contributed by atoms with E-state index in [4.69, 9.17) is 11.6 Å². The normalized spacial score (nSPS) is 15.4. The topological polar surface area (TPSA) is 79.4 Å². The first kappa shape index (κ1) is 25.8. The second kappa shape index (κ2) is 10.6. The summed E-state index contributed by atoms with van der Waals surface area (Å²) < 4.78 is 61.7. The minimum Gasteiger partial charge on any atom is -0.344 e. The second-order valence-corrected chi connectivity index (χ2v) is 11.4. The van der Waals surface area contributed by atoms with Gasteiger partial charge >= 0.3 is 15.5 Å². The third-order valence-corrected chi connectivity index (χ3v) is 7.97. The Morgan fingerprint density at radius 2 is 1.85 bits per heavy atom. The molecule has 0 spiro atoms. The van der Waals surface area contributed by atoms with Crippen LogP contribution in [0.1, 0.15) is 59.5 Å². The summed E-state index contributed by atoms with van der Waals surface area (Å²) in [5.74, 6) is -0.807. The number of aromatic nitrogens is 1. The van der Waals surface area contributed by atoms with E-state index in [-0.39, 0.29) is 5.69 Å². The maximum atomic E-state index is 12.7. The predicted molar refractivity (Wildman–Crippen MR) is 123 cm³/mol. The van der Waals surface area contributed by atoms with Crippen LogP contribution in [0.3, 0.4) is 0 Å². The lowest BCUT2D eigenvalue weighted by molar-refractivity contribution is -0.0446. The van der Waals surface area contributed by atoms with E-state index in [1.165, 1.54) is 26.2 Å². The van der Waals surface area contributed by atoms with Crippen molar-refractivity contribution in [3.63, 3.8) is 0 Å². The molecular weight excluding hydrogens is 499 g/mol. The number of carbonyl (C=O) groups is 1. The van der Waals surface area contributed by atoms with Crippen molar-refractivity contribution in [3.05, 3.63) is 45.4 Å². The van der Waals surface area contributed by atoms with Crippen molar-refractivity contribution in [1.29, 1.82) is 0 Å². The highest BCUT2D eigenvalue weighted by Gasteiger charge is 2.47. The maximum absolute atomic E-state index is 12.7. The summed E-state index contributed by atoms with van der Waals surface area (Å²) in [6.07, 6.45) is 6.90. The quantitative estimate of drug-likeness (QED) is 0.483. The van der Waals surface area contributed by atoms with Gasteiger partial charge < -0.3 is 4.90 Å². The first-order valence-corrected chi connectivity index (χ1v) is 13.2. The molecule has 1 saturated carbocycles. The molecule has 1 aliphatic rings. The van der Waals surface area contributed by atoms with Crippen LogP contribution >= 0.6 is 22.9 Å². The first-order valence-electron chi connectivity index (χ1n) is 10.6. The van der Waals surface area contributed by atoms with Gasteiger partial charge in [0, 0.05) is 23.0 Å². The summed E-state index contributed by atoms with van der Waals surface area (Å²) in [5, 5.41) is 1.05. The lowest BCUT2D eigenvalue weighted by atomic mass is 9.87. The molecule has 0 unspecified atom stereocenters. The largest absolute Gasteiger partial charge is 0.516 e. The highest BCUT2D eigenvalue weighted by Crippen LogP contribution is 2.31. The van der Waals surface area contributed by atoms with Crippen LogP contribution in [-0.4, -0.2) is 31.4 Å². The van der Waals surface area contributed by atoms with E-state index in [2.05, 4.69) is 4.98 Å². The number of rotatable bonds is 8. The molecule has 1 aliphatic carbocycles. The molecular formula is C21H25ClF3N3O3S2. The minimum absolute atomic E-state index is 0.332. The molecule has 1 heterocycles. The molecule has 0 atom stereocenters. The molecule has 1 N–H and O–H groups in total. The Morgan fingerprint density at radius 1 is 1.21 bits per heavy atom. The summed E-state index contributed by atoms with van der Waals surface area (Å²) in [6, 6.07) is 7.29. The molecule has 0 saturated heterocycles. The Hall–Kier alpha value is -1.85. The Balaban J connectivity index is 1.81. The lowest BCUT2D eigenvalue weighted by Gasteiger charge is -2.27. The molecule has 0 bridgehead atoms. The Kier molecular flexibility index (Phi) is 8.28. The molecule has 33 heavy (non-hydrogen) atoms. The fourth-order valence-corrected chi connectivity index (χ4v) is 5.34. The monoisotopic (exact) mass is 523 g/mol. The van der Waals surface area contributed by atoms with Crippen LogP contribution in [0.5, 0.6) is 0 Å². The van der Waals surface area contributed by atoms with Gasteiger partial charge in [0.25, 0.3) is 5.91 Å². The molecule has 2 aromatic rings. The number of carbonyl (C=O) groups excluding carboxylic acids is 1. The van der Waals surface area contributed by atoms with Crippen LogP contribution in [-0.2, 0) is 16.6 Å². The number of amides is 1. The number of anilines is 1. The first-order chi connectivity index (χ1) is 15.5. The Morgan fingerprint density at radius 3 is 2.45 bits per heavy atom. The van der Waals surface area contributed by atoms with Crippen molar-refractivity contribution in [2.45, 2.75) is 57.5 Å². The van der Waals surface area contributed by atoms with Gasteiger partial charge in [0.15, 0.2) is 5.13 Å². The average Bonchev–Trinajstić information content (AvgIpc) is 3.14. The van der Waals surface area contributed by atoms with Crippen LogP contribution in [0.2, 0.25) is 5.02 Å². The number of aryl methyl sites for hydroxylation is 1. The van der Waals surface area contributed by atoms with Gasteiger partial charge in [0.2, 0.25) is 0 Å². The smallest absolute Gasteiger partial charge is 0.344 e. The SMILES string of the molecule is Cc1sc(N(CCC2CCCCC2)Cc2ccc(Cl)cc2)nc1C(=O)NS(=O)(=O)C(F)(F)F. The molecule has 12 heteroatoms. The number of halogens is 4. The van der Waals surface area contributed by atoms with E-state index < -0.39 is 21.4 Å². The third-order valence-electron chi connectivity index (χ3n) is 5.62. The van der Waals surface area contributed by atoms with Crippen molar-refractivity contribution in [2.75, 3.05) is 11.4 Å². The zero-order valence-corrected chi connectivity index (χ0v) is 20.4. The standard InChI is InChI=1S/C21H25ClF3N3O3S2/c1-14-18(19(29)27-33(30,31)21(23,24)25)26-20(32-14)28(12-11-15-5-3-2-4-6-15)13-16-7-9-17(22)10-8-16/h7-10,15H,2-6,11-13H2,1H3,(H,27,29). The van der Waals surface area contributed by atoms with E-state index in [1.807, 2.05) is 17.0 Å². The summed E-state index contributed by atoms with van der Waals surface area (Å²) in [6.45, 7) is 2.65. The summed E-state index contributed by atoms with van der Waals surface area (Å²) in [4.78, 5) is 18.8. The van der Waals surface area contributed by atoms with Gasteiger partial charge in [-0.05, 0) is 37.0 Å². The number of sulfonamides is 1. The van der Waals surface area contributed by atoms with Gasteiger partial charge in [-0.2, -0.15) is 21.6 Å². The summed E-state index contributed by atoms with van der Waals surface area (Å²) in [7, 11) is -5.81. The number of thiazole rings is 1. The minimum atomic E-state index is -5.81. The number of nitrogens with zero attached hydrogens (tertiary/aromatic N) is 2. The van der Waals surface area contributed by atoms with Gasteiger partial charge in [-0.3, -0.25) is 4.79 Å². The van der Waals surface area contributed by atoms with Crippen molar-refractivity contribution < 1.29 is 26.4 Å². The number of hydrogen-bond donors (Lipinski definition) is 1. The molecule has 1 fully saturated rings. The third kappa shape index (κ3) is 6.83. The number of nitrogens with one attached hydrogen (secondary N) is 1. The van der Waals surface area contributed by atoms with E-state index >= 15 is 0 Å². The van der Waals surface area contributed by atoms with Crippen LogP contribution in [0.25, 0.3) is 0 Å². The highest BCUT2D eigenvalue weighted by atomic mass is 35.5. The van der Waals surface area contributed by atoms with Crippen molar-refractivity contribution in [2.24, 2.45) is 5.92 Å². The molecule has 3 rings (SSSR count). The molecule has 1 aromatic carbocycles. The fourth-order valence-electron chi connectivity index (χ4n) is 3.82. The van der Waals surface area contributed by atoms with Gasteiger partial charge in [0.05, 0.1) is 0 Å². The second-order valence-electron chi connectivity index (χ2n) is 8.12. The van der Waals surface area contributed by atoms with Crippen LogP contribution in [0, 0.1) is 12.8 Å². The van der Waals surface area contributed by atoms with Crippen molar-refractivity contribution >= 4 is 44.0 Å². The molecule has 1 amide bonds. The molecule has 182 valence electrons. The fraction of sp³-hybridized carbons (Fsp3) is 0.524. The maximum Gasteiger partial charge on any atom is 0.516 e. The van der Waals surface area contributed by atoms with E-state index in [1.54, 1.807) is 12.1 Å². The molecule has 1 aromatic heterocycles. The average molecular weight is 524 g/mol. The molecule has 6 nitrogen and oxygen atoms in total. The van der Waals surface area contributed by atoms with Crippen LogP contribution in [0.15, 0.2) is 24.3 Å². The number of benzene rings is 1. The van der Waals surface area contributed by atoms with E-state index in [0.29, 0.717) is 34.0 Å². The Labute approximate surface area is 200 Å². The van der Waals surface area contributed by atoms with Crippen molar-refractivity contribution in [3.8, 4) is 0 Å². The highest BCUT2D eigenvalue weighted by molar-refractivity contribution is 7.90. The zero-order chi connectivity index (χ0) is 24.2. The van der Waals surface area contributed by atoms with Crippen molar-refractivity contribution in [1.82, 2.24) is 9.71 Å². The molecule has 0 aliphatic heterocycles. The van der Waals surface area contributed by atoms with Gasteiger partial charge in [-0.1, -0.05) is 55.8 Å². The Bertz CT molecular complexity index is 1070. The predicted octanol–water partition coefficient (Wildman–Crippen LogP) is 5.66. The van der Waals surface area contributed by atoms with E-state index in [9.17, 15) is 26.4 Å². The number of alkyl halides is 3. The van der Waals surface area contributed by atoms with Gasteiger partial charge in [-0.25, -0.2) is 9.71 Å².